The molecule has 29 heavy (non-hydrogen) atoms. The number of nitrogens with one attached hydrogen (secondary N) is 1. The van der Waals surface area contributed by atoms with Gasteiger partial charge in [0.05, 0.1) is 18.9 Å². The second-order valence-corrected chi connectivity index (χ2v) is 7.08. The van der Waals surface area contributed by atoms with Crippen LogP contribution in [-0.4, -0.2) is 67.2 Å². The average molecular weight is 396 g/mol. The molecular weight excluding hydrogens is 372 g/mol. The first-order valence-electron chi connectivity index (χ1n) is 9.75. The molecule has 1 atom stereocenters. The molecule has 0 aliphatic carbocycles. The smallest absolute Gasteiger partial charge is 0.267 e. The van der Waals surface area contributed by atoms with Gasteiger partial charge in [-0.15, -0.1) is 0 Å². The summed E-state index contributed by atoms with van der Waals surface area (Å²) in [6, 6.07) is 8.66. The van der Waals surface area contributed by atoms with Crippen LogP contribution in [0, 0.1) is 0 Å². The maximum absolute atomic E-state index is 12.8. The molecular formula is C21H24N4O4. The molecule has 4 rings (SSSR count). The van der Waals surface area contributed by atoms with Crippen molar-refractivity contribution in [1.82, 2.24) is 9.88 Å². The molecule has 2 aliphatic heterocycles. The Bertz CT molecular complexity index is 884. The highest BCUT2D eigenvalue weighted by Gasteiger charge is 2.32. The fourth-order valence-electron chi connectivity index (χ4n) is 3.49. The fraction of sp³-hybridized carbons (Fsp3) is 0.381. The van der Waals surface area contributed by atoms with Gasteiger partial charge in [0.25, 0.3) is 11.8 Å². The second-order valence-electron chi connectivity index (χ2n) is 7.08. The monoisotopic (exact) mass is 396 g/mol. The zero-order valence-corrected chi connectivity index (χ0v) is 16.3. The molecule has 1 N–H and O–H groups in total. The lowest BCUT2D eigenvalue weighted by Gasteiger charge is -2.35. The largest absolute Gasteiger partial charge is 0.479 e. The number of fused-ring (bicyclic) bond motifs is 1. The molecule has 2 amide bonds. The predicted octanol–water partition coefficient (Wildman–Crippen LogP) is 1.78. The Kier molecular flexibility index (Phi) is 5.73. The van der Waals surface area contributed by atoms with Crippen molar-refractivity contribution in [2.24, 2.45) is 0 Å². The molecule has 0 radical (unpaired) electrons. The SMILES string of the molecule is CC1Oc2ccc(NC(=O)c3ccncc3)cc2N(CCN2CCOCC2)C1=O. The van der Waals surface area contributed by atoms with Gasteiger partial charge in [-0.05, 0) is 37.3 Å². The molecule has 1 unspecified atom stereocenters. The zero-order valence-electron chi connectivity index (χ0n) is 16.3. The predicted molar refractivity (Wildman–Crippen MR) is 108 cm³/mol. The number of rotatable bonds is 5. The first kappa shape index (κ1) is 19.4. The number of ether oxygens (including phenoxy) is 2. The Morgan fingerprint density at radius 3 is 2.69 bits per heavy atom. The van der Waals surface area contributed by atoms with Gasteiger partial charge in [0.1, 0.15) is 5.75 Å². The number of hydrogen-bond acceptors (Lipinski definition) is 6. The Morgan fingerprint density at radius 1 is 1.17 bits per heavy atom. The van der Waals surface area contributed by atoms with E-state index in [9.17, 15) is 9.59 Å². The fourth-order valence-corrected chi connectivity index (χ4v) is 3.49. The van der Waals surface area contributed by atoms with E-state index in [1.807, 2.05) is 0 Å². The van der Waals surface area contributed by atoms with Crippen molar-refractivity contribution in [3.8, 4) is 5.75 Å². The lowest BCUT2D eigenvalue weighted by atomic mass is 10.1. The van der Waals surface area contributed by atoms with E-state index in [1.54, 1.807) is 54.5 Å². The van der Waals surface area contributed by atoms with Gasteiger partial charge in [-0.1, -0.05) is 0 Å². The number of carbonyl (C=O) groups excluding carboxylic acids is 2. The highest BCUT2D eigenvalue weighted by molar-refractivity contribution is 6.05. The van der Waals surface area contributed by atoms with Crippen LogP contribution in [-0.2, 0) is 9.53 Å². The van der Waals surface area contributed by atoms with Crippen molar-refractivity contribution < 1.29 is 19.1 Å². The van der Waals surface area contributed by atoms with Crippen LogP contribution < -0.4 is 15.0 Å². The third kappa shape index (κ3) is 4.38. The maximum atomic E-state index is 12.8. The molecule has 2 aliphatic rings. The van der Waals surface area contributed by atoms with Gasteiger partial charge in [0.15, 0.2) is 6.10 Å². The minimum atomic E-state index is -0.538. The quantitative estimate of drug-likeness (QED) is 0.830. The summed E-state index contributed by atoms with van der Waals surface area (Å²) in [6.07, 6.45) is 2.61. The Morgan fingerprint density at radius 2 is 1.93 bits per heavy atom. The molecule has 0 bridgehead atoms. The summed E-state index contributed by atoms with van der Waals surface area (Å²) < 4.78 is 11.2. The summed E-state index contributed by atoms with van der Waals surface area (Å²) in [7, 11) is 0. The molecule has 8 heteroatoms. The van der Waals surface area contributed by atoms with E-state index in [0.717, 1.165) is 32.8 Å². The van der Waals surface area contributed by atoms with Crippen LogP contribution in [0.2, 0.25) is 0 Å². The van der Waals surface area contributed by atoms with Crippen LogP contribution >= 0.6 is 0 Å². The Labute approximate surface area is 169 Å². The van der Waals surface area contributed by atoms with Crippen molar-refractivity contribution >= 4 is 23.2 Å². The van der Waals surface area contributed by atoms with E-state index in [4.69, 9.17) is 9.47 Å². The number of benzene rings is 1. The standard InChI is InChI=1S/C21H24N4O4/c1-15-21(27)25(9-8-24-10-12-28-13-11-24)18-14-17(2-3-19(18)29-15)23-20(26)16-4-6-22-7-5-16/h2-7,14-15H,8-13H2,1H3,(H,23,26). The normalized spacial score (nSPS) is 19.4. The van der Waals surface area contributed by atoms with Crippen LogP contribution in [0.3, 0.4) is 0 Å². The molecule has 0 spiro atoms. The molecule has 1 aromatic carbocycles. The van der Waals surface area contributed by atoms with Gasteiger partial charge in [-0.25, -0.2) is 0 Å². The van der Waals surface area contributed by atoms with E-state index in [2.05, 4.69) is 15.2 Å². The van der Waals surface area contributed by atoms with Crippen molar-refractivity contribution in [2.75, 3.05) is 49.6 Å². The van der Waals surface area contributed by atoms with Gasteiger partial charge >= 0.3 is 0 Å². The number of aromatic nitrogens is 1. The van der Waals surface area contributed by atoms with Crippen LogP contribution in [0.25, 0.3) is 0 Å². The number of anilines is 2. The van der Waals surface area contributed by atoms with Crippen LogP contribution in [0.4, 0.5) is 11.4 Å². The van der Waals surface area contributed by atoms with Crippen molar-refractivity contribution in [3.63, 3.8) is 0 Å². The highest BCUT2D eigenvalue weighted by Crippen LogP contribution is 2.36. The van der Waals surface area contributed by atoms with Crippen LogP contribution in [0.5, 0.6) is 5.75 Å². The molecule has 152 valence electrons. The summed E-state index contributed by atoms with van der Waals surface area (Å²) in [4.78, 5) is 33.2. The zero-order chi connectivity index (χ0) is 20.2. The van der Waals surface area contributed by atoms with Crippen LogP contribution in [0.15, 0.2) is 42.7 Å². The summed E-state index contributed by atoms with van der Waals surface area (Å²) in [6.45, 7) is 6.23. The van der Waals surface area contributed by atoms with E-state index in [-0.39, 0.29) is 11.8 Å². The number of hydrogen-bond donors (Lipinski definition) is 1. The highest BCUT2D eigenvalue weighted by atomic mass is 16.5. The maximum Gasteiger partial charge on any atom is 0.267 e. The molecule has 1 saturated heterocycles. The molecule has 3 heterocycles. The topological polar surface area (TPSA) is 84.0 Å². The summed E-state index contributed by atoms with van der Waals surface area (Å²) in [5.41, 5.74) is 1.80. The third-order valence-electron chi connectivity index (χ3n) is 5.11. The number of carbonyl (C=O) groups is 2. The third-order valence-corrected chi connectivity index (χ3v) is 5.11. The number of pyridine rings is 1. The lowest BCUT2D eigenvalue weighted by Crippen LogP contribution is -2.48. The average Bonchev–Trinajstić information content (AvgIpc) is 2.76. The Balaban J connectivity index is 1.52. The summed E-state index contributed by atoms with van der Waals surface area (Å²) in [5, 5.41) is 2.87. The van der Waals surface area contributed by atoms with E-state index in [0.29, 0.717) is 29.2 Å². The Hall–Kier alpha value is -2.97. The minimum absolute atomic E-state index is 0.0802. The molecule has 1 fully saturated rings. The summed E-state index contributed by atoms with van der Waals surface area (Å²) in [5.74, 6) is 0.327. The first-order chi connectivity index (χ1) is 14.1. The van der Waals surface area contributed by atoms with Crippen molar-refractivity contribution in [2.45, 2.75) is 13.0 Å². The lowest BCUT2D eigenvalue weighted by molar-refractivity contribution is -0.125. The number of nitrogens with zero attached hydrogens (tertiary/aromatic N) is 3. The molecule has 2 aromatic rings. The van der Waals surface area contributed by atoms with Crippen LogP contribution in [0.1, 0.15) is 17.3 Å². The molecule has 1 aromatic heterocycles. The second kappa shape index (κ2) is 8.59. The van der Waals surface area contributed by atoms with Gasteiger partial charge < -0.3 is 19.7 Å². The van der Waals surface area contributed by atoms with Crippen molar-refractivity contribution in [3.05, 3.63) is 48.3 Å². The van der Waals surface area contributed by atoms with Gasteiger partial charge in [-0.2, -0.15) is 0 Å². The molecule has 0 saturated carbocycles. The van der Waals surface area contributed by atoms with Crippen molar-refractivity contribution in [1.29, 1.82) is 0 Å². The van der Waals surface area contributed by atoms with E-state index in [1.165, 1.54) is 0 Å². The molecule has 8 nitrogen and oxygen atoms in total. The van der Waals surface area contributed by atoms with E-state index < -0.39 is 6.10 Å². The number of amides is 2. The van der Waals surface area contributed by atoms with Gasteiger partial charge in [0.2, 0.25) is 0 Å². The summed E-state index contributed by atoms with van der Waals surface area (Å²) >= 11 is 0. The minimum Gasteiger partial charge on any atom is -0.479 e. The van der Waals surface area contributed by atoms with Gasteiger partial charge in [-0.3, -0.25) is 19.5 Å². The number of morpholine rings is 1. The first-order valence-corrected chi connectivity index (χ1v) is 9.75. The van der Waals surface area contributed by atoms with Gasteiger partial charge in [0, 0.05) is 49.8 Å². The van der Waals surface area contributed by atoms with E-state index >= 15 is 0 Å².